The van der Waals surface area contributed by atoms with E-state index in [0.29, 0.717) is 12.2 Å². The van der Waals surface area contributed by atoms with E-state index in [1.165, 1.54) is 11.5 Å². The molecule has 1 fully saturated rings. The van der Waals surface area contributed by atoms with Crippen molar-refractivity contribution in [3.8, 4) is 0 Å². The number of thioether (sulfide) groups is 1. The number of nitrogens with zero attached hydrogens (tertiary/aromatic N) is 3. The van der Waals surface area contributed by atoms with Crippen molar-refractivity contribution < 1.29 is 4.79 Å². The van der Waals surface area contributed by atoms with E-state index < -0.39 is 0 Å². The molecule has 1 aromatic heterocycles. The number of nitrogen functional groups attached to an aromatic ring is 1. The van der Waals surface area contributed by atoms with Crippen LogP contribution in [0.4, 0.5) is 5.69 Å². The van der Waals surface area contributed by atoms with Crippen molar-refractivity contribution in [1.82, 2.24) is 20.0 Å². The molecule has 0 bridgehead atoms. The average Bonchev–Trinajstić information content (AvgIpc) is 2.76. The van der Waals surface area contributed by atoms with E-state index in [1.807, 2.05) is 11.8 Å². The van der Waals surface area contributed by atoms with Crippen molar-refractivity contribution in [2.75, 3.05) is 43.4 Å². The lowest BCUT2D eigenvalue weighted by Gasteiger charge is -2.25. The topological polar surface area (TPSA) is 76.2 Å². The van der Waals surface area contributed by atoms with Crippen molar-refractivity contribution in [2.45, 2.75) is 6.54 Å². The van der Waals surface area contributed by atoms with Crippen LogP contribution in [0.15, 0.2) is 12.4 Å². The number of carbonyl (C=O) groups excluding carboxylic acids is 1. The van der Waals surface area contributed by atoms with E-state index in [-0.39, 0.29) is 12.5 Å². The van der Waals surface area contributed by atoms with Crippen molar-refractivity contribution in [2.24, 2.45) is 0 Å². The van der Waals surface area contributed by atoms with Gasteiger partial charge in [-0.2, -0.15) is 16.9 Å². The molecule has 2 heterocycles. The Morgan fingerprint density at radius 3 is 2.94 bits per heavy atom. The number of amides is 1. The summed E-state index contributed by atoms with van der Waals surface area (Å²) in [5.41, 5.74) is 6.11. The van der Waals surface area contributed by atoms with Gasteiger partial charge in [-0.15, -0.1) is 0 Å². The number of rotatable bonds is 5. The molecular formula is C11H19N5OS. The summed E-state index contributed by atoms with van der Waals surface area (Å²) in [5.74, 6) is 2.37. The molecule has 1 aliphatic rings. The van der Waals surface area contributed by atoms with Gasteiger partial charge >= 0.3 is 0 Å². The molecule has 0 atom stereocenters. The monoisotopic (exact) mass is 269 g/mol. The third kappa shape index (κ3) is 4.23. The van der Waals surface area contributed by atoms with Crippen LogP contribution in [0, 0.1) is 0 Å². The molecule has 3 N–H and O–H groups in total. The fourth-order valence-electron chi connectivity index (χ4n) is 1.85. The van der Waals surface area contributed by atoms with Gasteiger partial charge in [0.15, 0.2) is 0 Å². The highest BCUT2D eigenvalue weighted by Gasteiger charge is 2.10. The van der Waals surface area contributed by atoms with E-state index in [9.17, 15) is 4.79 Å². The van der Waals surface area contributed by atoms with Crippen LogP contribution in [0.1, 0.15) is 0 Å². The number of anilines is 1. The Kier molecular flexibility index (Phi) is 4.89. The minimum Gasteiger partial charge on any atom is -0.396 e. The maximum atomic E-state index is 11.6. The minimum atomic E-state index is -0.0236. The average molecular weight is 269 g/mol. The maximum absolute atomic E-state index is 11.6. The summed E-state index contributed by atoms with van der Waals surface area (Å²) in [6.07, 6.45) is 3.19. The molecule has 100 valence electrons. The van der Waals surface area contributed by atoms with Crippen LogP contribution < -0.4 is 11.1 Å². The fraction of sp³-hybridized carbons (Fsp3) is 0.636. The lowest BCUT2D eigenvalue weighted by Crippen LogP contribution is -2.40. The van der Waals surface area contributed by atoms with Gasteiger partial charge in [0.2, 0.25) is 5.91 Å². The third-order valence-electron chi connectivity index (χ3n) is 2.81. The number of nitrogens with one attached hydrogen (secondary N) is 1. The predicted octanol–water partition coefficient (Wildman–Crippen LogP) is -0.370. The van der Waals surface area contributed by atoms with Gasteiger partial charge in [-0.05, 0) is 0 Å². The first-order valence-corrected chi connectivity index (χ1v) is 7.24. The number of nitrogens with two attached hydrogens (primary N) is 1. The molecule has 0 saturated carbocycles. The van der Waals surface area contributed by atoms with Crippen molar-refractivity contribution >= 4 is 23.4 Å². The quantitative estimate of drug-likeness (QED) is 0.763. The van der Waals surface area contributed by atoms with E-state index in [2.05, 4.69) is 15.3 Å². The van der Waals surface area contributed by atoms with Gasteiger partial charge in [-0.3, -0.25) is 14.4 Å². The lowest BCUT2D eigenvalue weighted by atomic mass is 10.4. The van der Waals surface area contributed by atoms with Gasteiger partial charge < -0.3 is 11.1 Å². The second kappa shape index (κ2) is 6.65. The molecule has 0 radical (unpaired) electrons. The van der Waals surface area contributed by atoms with Crippen LogP contribution in [0.3, 0.4) is 0 Å². The van der Waals surface area contributed by atoms with E-state index in [0.717, 1.165) is 19.6 Å². The van der Waals surface area contributed by atoms with E-state index in [4.69, 9.17) is 5.73 Å². The number of aromatic nitrogens is 2. The fourth-order valence-corrected chi connectivity index (χ4v) is 2.83. The SMILES string of the molecule is Nc1cnn(CC(=O)NCCN2CCSCC2)c1. The molecule has 1 saturated heterocycles. The molecule has 0 aromatic carbocycles. The van der Waals surface area contributed by atoms with E-state index >= 15 is 0 Å². The maximum Gasteiger partial charge on any atom is 0.241 e. The first kappa shape index (κ1) is 13.2. The summed E-state index contributed by atoms with van der Waals surface area (Å²) in [6.45, 7) is 4.09. The summed E-state index contributed by atoms with van der Waals surface area (Å²) in [6, 6.07) is 0. The van der Waals surface area contributed by atoms with Crippen molar-refractivity contribution in [1.29, 1.82) is 0 Å². The number of hydrogen-bond acceptors (Lipinski definition) is 5. The highest BCUT2D eigenvalue weighted by atomic mass is 32.2. The zero-order valence-corrected chi connectivity index (χ0v) is 11.2. The van der Waals surface area contributed by atoms with E-state index in [1.54, 1.807) is 17.1 Å². The zero-order chi connectivity index (χ0) is 12.8. The standard InChI is InChI=1S/C11H19N5OS/c12-10-7-14-16(8-10)9-11(17)13-1-2-15-3-5-18-6-4-15/h7-8H,1-6,9,12H2,(H,13,17). The number of carbonyl (C=O) groups is 1. The van der Waals surface area contributed by atoms with Gasteiger partial charge in [0, 0.05) is 43.9 Å². The summed E-state index contributed by atoms with van der Waals surface area (Å²) >= 11 is 1.99. The van der Waals surface area contributed by atoms with Gasteiger partial charge in [0.05, 0.1) is 11.9 Å². The summed E-state index contributed by atoms with van der Waals surface area (Å²) in [7, 11) is 0. The Labute approximate surface area is 111 Å². The molecule has 1 aliphatic heterocycles. The second-order valence-corrected chi connectivity index (χ2v) is 5.50. The molecule has 1 amide bonds. The third-order valence-corrected chi connectivity index (χ3v) is 3.76. The Balaban J connectivity index is 1.62. The summed E-state index contributed by atoms with van der Waals surface area (Å²) < 4.78 is 1.54. The molecule has 2 rings (SSSR count). The van der Waals surface area contributed by atoms with Gasteiger partial charge in [0.25, 0.3) is 0 Å². The van der Waals surface area contributed by atoms with Gasteiger partial charge in [0.1, 0.15) is 6.54 Å². The molecule has 18 heavy (non-hydrogen) atoms. The lowest BCUT2D eigenvalue weighted by molar-refractivity contribution is -0.121. The molecule has 0 aliphatic carbocycles. The summed E-state index contributed by atoms with van der Waals surface area (Å²) in [5, 5.41) is 6.87. The first-order valence-electron chi connectivity index (χ1n) is 6.09. The van der Waals surface area contributed by atoms with Crippen LogP contribution in [-0.4, -0.2) is 58.3 Å². The predicted molar refractivity (Wildman–Crippen MR) is 73.4 cm³/mol. The Hall–Kier alpha value is -1.21. The van der Waals surface area contributed by atoms with Crippen molar-refractivity contribution in [3.63, 3.8) is 0 Å². The van der Waals surface area contributed by atoms with Crippen LogP contribution >= 0.6 is 11.8 Å². The molecule has 1 aromatic rings. The van der Waals surface area contributed by atoms with Crippen LogP contribution in [-0.2, 0) is 11.3 Å². The Bertz CT molecular complexity index is 389. The molecule has 6 nitrogen and oxygen atoms in total. The van der Waals surface area contributed by atoms with Crippen LogP contribution in [0.5, 0.6) is 0 Å². The molecule has 7 heteroatoms. The molecular weight excluding hydrogens is 250 g/mol. The minimum absolute atomic E-state index is 0.0236. The molecule has 0 unspecified atom stereocenters. The smallest absolute Gasteiger partial charge is 0.241 e. The molecule has 0 spiro atoms. The summed E-state index contributed by atoms with van der Waals surface area (Å²) in [4.78, 5) is 14.0. The Morgan fingerprint density at radius 1 is 1.50 bits per heavy atom. The number of hydrogen-bond donors (Lipinski definition) is 2. The first-order chi connectivity index (χ1) is 8.74. The second-order valence-electron chi connectivity index (χ2n) is 4.28. The zero-order valence-electron chi connectivity index (χ0n) is 10.3. The van der Waals surface area contributed by atoms with Gasteiger partial charge in [-0.1, -0.05) is 0 Å². The largest absolute Gasteiger partial charge is 0.396 e. The Morgan fingerprint density at radius 2 is 2.28 bits per heavy atom. The van der Waals surface area contributed by atoms with Gasteiger partial charge in [-0.25, -0.2) is 0 Å². The van der Waals surface area contributed by atoms with Crippen LogP contribution in [0.2, 0.25) is 0 Å². The van der Waals surface area contributed by atoms with Crippen LogP contribution in [0.25, 0.3) is 0 Å². The van der Waals surface area contributed by atoms with Crippen molar-refractivity contribution in [3.05, 3.63) is 12.4 Å². The highest BCUT2D eigenvalue weighted by molar-refractivity contribution is 7.99. The normalized spacial score (nSPS) is 16.7. The highest BCUT2D eigenvalue weighted by Crippen LogP contribution is 2.07.